The summed E-state index contributed by atoms with van der Waals surface area (Å²) in [5.74, 6) is 4.99. The van der Waals surface area contributed by atoms with Gasteiger partial charge in [-0.25, -0.2) is 24.9 Å². The van der Waals surface area contributed by atoms with Gasteiger partial charge in [-0.3, -0.25) is 39.6 Å². The molecular weight excluding hydrogens is 1270 g/mol. The van der Waals surface area contributed by atoms with Crippen molar-refractivity contribution in [1.29, 1.82) is 0 Å². The van der Waals surface area contributed by atoms with Gasteiger partial charge in [-0.15, -0.1) is 0 Å². The van der Waals surface area contributed by atoms with Crippen molar-refractivity contribution in [1.82, 2.24) is 93.1 Å². The molecule has 5 aromatic carbocycles. The molecule has 100 heavy (non-hydrogen) atoms. The number of likely N-dealkylation sites (tertiary alicyclic amines) is 2. The molecule has 2 saturated heterocycles. The number of H-pyrrole nitrogens is 4. The molecule has 14 aromatic rings. The molecule has 0 unspecified atom stereocenters. The first-order valence-electron chi connectivity index (χ1n) is 32.6. The molecule has 0 amide bonds. The van der Waals surface area contributed by atoms with E-state index in [-0.39, 0.29) is 47.7 Å². The quantitative estimate of drug-likeness (QED) is 0.0660. The summed E-state index contributed by atoms with van der Waals surface area (Å²) in [5.41, 5.74) is 6.12. The SMILES string of the molecule is C=C(C)N1CCC(OCc2cc(=O)n3[nH]c(-c4ccccc4)nc3n2)CC1.CN1CCC(OCc2cc(=O)n3[nH]c(-c4ccccc4)nc3n2)CC1.O=c1cc(COc2ccccc2)nc2nc(-c3ccccc3)[nH]n12.O=c1cc(COc2ccccn2)nc2nc(-c3ccccc3)[nH]n12. The van der Waals surface area contributed by atoms with Crippen molar-refractivity contribution in [3.05, 3.63) is 277 Å². The number of ether oxygens (including phenoxy) is 4. The number of benzene rings is 5. The molecule has 0 saturated carbocycles. The van der Waals surface area contributed by atoms with Crippen LogP contribution in [0.5, 0.6) is 11.6 Å². The van der Waals surface area contributed by atoms with Crippen LogP contribution in [0.1, 0.15) is 55.4 Å². The maximum absolute atomic E-state index is 12.4. The predicted octanol–water partition coefficient (Wildman–Crippen LogP) is 9.02. The Morgan fingerprint density at radius 1 is 0.410 bits per heavy atom. The number of pyridine rings is 1. The van der Waals surface area contributed by atoms with E-state index in [9.17, 15) is 19.2 Å². The van der Waals surface area contributed by atoms with Crippen LogP contribution in [0, 0.1) is 0 Å². The van der Waals surface area contributed by atoms with Gasteiger partial charge in [0.1, 0.15) is 19.0 Å². The van der Waals surface area contributed by atoms with Gasteiger partial charge in [-0.1, -0.05) is 152 Å². The van der Waals surface area contributed by atoms with Crippen LogP contribution in [0.25, 0.3) is 68.7 Å². The van der Waals surface area contributed by atoms with E-state index in [1.807, 2.05) is 165 Å². The molecule has 0 atom stereocenters. The van der Waals surface area contributed by atoms with Gasteiger partial charge in [0.05, 0.1) is 48.2 Å². The molecule has 27 heteroatoms. The first-order valence-corrected chi connectivity index (χ1v) is 32.6. The average molecular weight is 1340 g/mol. The fourth-order valence-electron chi connectivity index (χ4n) is 11.1. The first kappa shape index (κ1) is 66.3. The van der Waals surface area contributed by atoms with E-state index in [4.69, 9.17) is 18.9 Å². The van der Waals surface area contributed by atoms with Crippen LogP contribution in [0.2, 0.25) is 0 Å². The number of hydrogen-bond acceptors (Lipinski definition) is 19. The second kappa shape index (κ2) is 31.3. The molecule has 2 aliphatic heterocycles. The number of allylic oxidation sites excluding steroid dienone is 1. The van der Waals surface area contributed by atoms with Crippen molar-refractivity contribution in [2.75, 3.05) is 33.2 Å². The van der Waals surface area contributed by atoms with Crippen LogP contribution in [0.3, 0.4) is 0 Å². The summed E-state index contributed by atoms with van der Waals surface area (Å²) >= 11 is 0. The largest absolute Gasteiger partial charge is 0.487 e. The maximum atomic E-state index is 12.4. The van der Waals surface area contributed by atoms with Crippen LogP contribution in [0.15, 0.2) is 232 Å². The van der Waals surface area contributed by atoms with Gasteiger partial charge in [-0.2, -0.15) is 38.0 Å². The van der Waals surface area contributed by atoms with Crippen molar-refractivity contribution in [3.63, 3.8) is 0 Å². The summed E-state index contributed by atoms with van der Waals surface area (Å²) in [7, 11) is 2.12. The van der Waals surface area contributed by atoms with E-state index in [1.54, 1.807) is 18.3 Å². The average Bonchev–Trinajstić information content (AvgIpc) is 1.67. The first-order chi connectivity index (χ1) is 48.9. The maximum Gasteiger partial charge on any atom is 0.274 e. The van der Waals surface area contributed by atoms with Gasteiger partial charge in [0.25, 0.3) is 45.3 Å². The molecular formula is C73H71N19O8. The van der Waals surface area contributed by atoms with Crippen LogP contribution in [-0.4, -0.2) is 139 Å². The lowest BCUT2D eigenvalue weighted by Gasteiger charge is -2.33. The fourth-order valence-corrected chi connectivity index (χ4v) is 11.1. The zero-order valence-corrected chi connectivity index (χ0v) is 54.9. The Kier molecular flexibility index (Phi) is 20.7. The van der Waals surface area contributed by atoms with Gasteiger partial charge in [0.15, 0.2) is 23.3 Å². The van der Waals surface area contributed by atoms with Gasteiger partial charge >= 0.3 is 0 Å². The molecule has 0 aliphatic carbocycles. The highest BCUT2D eigenvalue weighted by atomic mass is 16.5. The minimum Gasteiger partial charge on any atom is -0.487 e. The van der Waals surface area contributed by atoms with E-state index in [2.05, 4.69) is 88.7 Å². The normalized spacial score (nSPS) is 13.5. The number of nitrogens with zero attached hydrogens (tertiary/aromatic N) is 15. The topological polar surface area (TPSA) is 308 Å². The van der Waals surface area contributed by atoms with E-state index in [0.29, 0.717) is 88.3 Å². The van der Waals surface area contributed by atoms with Crippen LogP contribution >= 0.6 is 0 Å². The Bertz CT molecular complexity index is 5110. The molecule has 9 aromatic heterocycles. The zero-order chi connectivity index (χ0) is 68.7. The third kappa shape index (κ3) is 16.7. The molecule has 11 heterocycles. The highest BCUT2D eigenvalue weighted by Crippen LogP contribution is 2.22. The Balaban J connectivity index is 0.000000120. The van der Waals surface area contributed by atoms with E-state index in [0.717, 1.165) is 85.6 Å². The van der Waals surface area contributed by atoms with Crippen molar-refractivity contribution in [3.8, 4) is 57.2 Å². The molecule has 2 aliphatic rings. The number of hydrogen-bond donors (Lipinski definition) is 4. The summed E-state index contributed by atoms with van der Waals surface area (Å²) in [4.78, 5) is 93.2. The van der Waals surface area contributed by atoms with Crippen LogP contribution in [-0.2, 0) is 35.9 Å². The van der Waals surface area contributed by atoms with Crippen molar-refractivity contribution in [2.24, 2.45) is 0 Å². The summed E-state index contributed by atoms with van der Waals surface area (Å²) < 4.78 is 28.5. The Labute approximate surface area is 571 Å². The molecule has 2 fully saturated rings. The number of nitrogens with one attached hydrogen (secondary N) is 4. The van der Waals surface area contributed by atoms with Crippen molar-refractivity contribution in [2.45, 2.75) is 71.2 Å². The number of fused-ring (bicyclic) bond motifs is 4. The number of rotatable bonds is 17. The lowest BCUT2D eigenvalue weighted by atomic mass is 10.1. The summed E-state index contributed by atoms with van der Waals surface area (Å²) in [6, 6.07) is 59.1. The third-order valence-electron chi connectivity index (χ3n) is 16.4. The Hall–Kier alpha value is -12.3. The molecule has 4 N–H and O–H groups in total. The second-order valence-corrected chi connectivity index (χ2v) is 23.7. The summed E-state index contributed by atoms with van der Waals surface area (Å²) in [6.07, 6.45) is 5.98. The Morgan fingerprint density at radius 2 is 0.730 bits per heavy atom. The van der Waals surface area contributed by atoms with Gasteiger partial charge in [0, 0.05) is 90.7 Å². The van der Waals surface area contributed by atoms with Crippen molar-refractivity contribution < 1.29 is 18.9 Å². The number of aromatic amines is 4. The van der Waals surface area contributed by atoms with E-state index < -0.39 is 0 Å². The predicted molar refractivity (Wildman–Crippen MR) is 375 cm³/mol. The smallest absolute Gasteiger partial charge is 0.274 e. The van der Waals surface area contributed by atoms with Crippen molar-refractivity contribution >= 4 is 23.1 Å². The molecule has 0 bridgehead atoms. The summed E-state index contributed by atoms with van der Waals surface area (Å²) in [5, 5.41) is 11.9. The lowest BCUT2D eigenvalue weighted by molar-refractivity contribution is 0.000741. The Morgan fingerprint density at radius 3 is 1.07 bits per heavy atom. The molecule has 506 valence electrons. The molecule has 27 nitrogen and oxygen atoms in total. The molecule has 0 radical (unpaired) electrons. The van der Waals surface area contributed by atoms with Gasteiger partial charge < -0.3 is 28.7 Å². The van der Waals surface area contributed by atoms with E-state index >= 15 is 0 Å². The van der Waals surface area contributed by atoms with E-state index in [1.165, 1.54) is 42.3 Å². The fraction of sp³-hybridized carbons (Fsp3) is 0.219. The highest BCUT2D eigenvalue weighted by molar-refractivity contribution is 5.59. The highest BCUT2D eigenvalue weighted by Gasteiger charge is 2.22. The zero-order valence-electron chi connectivity index (χ0n) is 54.9. The minimum absolute atomic E-state index is 0.149. The second-order valence-electron chi connectivity index (χ2n) is 23.7. The summed E-state index contributed by atoms with van der Waals surface area (Å²) in [6.45, 7) is 11.0. The van der Waals surface area contributed by atoms with Crippen LogP contribution < -0.4 is 31.7 Å². The molecule has 0 spiro atoms. The number of aromatic nitrogens is 17. The standard InChI is InChI=1S/C20H23N5O2.C18H21N5O2.C18H14N4O2.C17H13N5O2/c1-14(2)24-10-8-17(9-11-24)27-13-16-12-18(26)25-20(21-16)22-19(23-25)15-6-4-3-5-7-15;1-22-9-7-15(8-10-22)25-12-14-11-16(24)23-18(19-14)20-17(21-23)13-5-3-2-4-6-13;23-16-11-14(12-24-15-9-5-2-6-10-15)19-18-20-17(21-22(16)18)13-7-3-1-4-8-13;23-15-10-13(11-24-14-8-4-5-9-18-14)19-17-20-16(21-22(15)17)12-6-2-1-3-7-12/h3-7,12,17H,1,8-11,13H2,2H3,(H,21,22,23);2-6,11,15H,7-10,12H2,1H3,(H,19,20,21);1-11H,12H2,(H,19,20,21);1-10H,11H2,(H,19,20,21). The minimum atomic E-state index is -0.241. The third-order valence-corrected chi connectivity index (χ3v) is 16.4. The molecule has 16 rings (SSSR count). The number of piperidine rings is 2. The van der Waals surface area contributed by atoms with Gasteiger partial charge in [0.2, 0.25) is 5.88 Å². The van der Waals surface area contributed by atoms with Crippen LogP contribution in [0.4, 0.5) is 0 Å². The monoisotopic (exact) mass is 1340 g/mol. The number of para-hydroxylation sites is 1. The van der Waals surface area contributed by atoms with Gasteiger partial charge in [-0.05, 0) is 57.9 Å². The lowest BCUT2D eigenvalue weighted by Crippen LogP contribution is -2.35.